The number of Topliss-reactive ketones (excluding diaryl/α,β-unsaturated/α-hetero) is 2. The maximum Gasteiger partial charge on any atom is 0.238 e. The van der Waals surface area contributed by atoms with Crippen molar-refractivity contribution in [2.75, 3.05) is 5.32 Å². The Morgan fingerprint density at radius 1 is 0.711 bits per heavy atom. The molecule has 7 rings (SSSR count). The highest BCUT2D eigenvalue weighted by molar-refractivity contribution is 6.16. The summed E-state index contributed by atoms with van der Waals surface area (Å²) in [6.07, 6.45) is 3.87. The quantitative estimate of drug-likeness (QED) is 0.370. The third kappa shape index (κ3) is 2.96. The van der Waals surface area contributed by atoms with Crippen molar-refractivity contribution >= 4 is 29.2 Å². The van der Waals surface area contributed by atoms with Crippen molar-refractivity contribution in [1.82, 2.24) is 4.90 Å². The first-order valence-electron chi connectivity index (χ1n) is 12.8. The van der Waals surface area contributed by atoms with E-state index in [9.17, 15) is 14.4 Å². The number of nitrogens with zero attached hydrogens (tertiary/aromatic N) is 1. The van der Waals surface area contributed by atoms with Gasteiger partial charge in [0.1, 0.15) is 11.5 Å². The van der Waals surface area contributed by atoms with Gasteiger partial charge in [0.15, 0.2) is 11.6 Å². The lowest BCUT2D eigenvalue weighted by Gasteiger charge is -2.38. The van der Waals surface area contributed by atoms with Crippen LogP contribution in [0.3, 0.4) is 0 Å². The van der Waals surface area contributed by atoms with Crippen LogP contribution in [-0.4, -0.2) is 28.4 Å². The van der Waals surface area contributed by atoms with Gasteiger partial charge in [-0.3, -0.25) is 14.4 Å². The number of anilines is 1. The molecule has 4 aromatic carbocycles. The monoisotopic (exact) mass is 496 g/mol. The van der Waals surface area contributed by atoms with E-state index in [2.05, 4.69) is 5.32 Å². The number of benzene rings is 4. The van der Waals surface area contributed by atoms with Crippen LogP contribution in [0, 0.1) is 5.92 Å². The average molecular weight is 497 g/mol. The van der Waals surface area contributed by atoms with E-state index < -0.39 is 23.4 Å². The summed E-state index contributed by atoms with van der Waals surface area (Å²) in [5.41, 5.74) is 3.03. The van der Waals surface area contributed by atoms with E-state index in [1.165, 1.54) is 0 Å². The number of hydrogen-bond donors (Lipinski definition) is 1. The number of rotatable bonds is 4. The second-order valence-electron chi connectivity index (χ2n) is 10.0. The van der Waals surface area contributed by atoms with Crippen molar-refractivity contribution in [3.05, 3.63) is 143 Å². The number of ketones is 2. The molecule has 1 fully saturated rings. The maximum atomic E-state index is 14.6. The van der Waals surface area contributed by atoms with Gasteiger partial charge < -0.3 is 10.2 Å². The maximum absolute atomic E-state index is 14.6. The summed E-state index contributed by atoms with van der Waals surface area (Å²) in [4.78, 5) is 45.2. The number of nitrogens with one attached hydrogen (secondary N) is 1. The molecular formula is C33H24N2O3. The first-order valence-corrected chi connectivity index (χ1v) is 12.8. The highest BCUT2D eigenvalue weighted by Gasteiger charge is 2.70. The predicted molar refractivity (Wildman–Crippen MR) is 146 cm³/mol. The van der Waals surface area contributed by atoms with Crippen LogP contribution >= 0.6 is 0 Å². The minimum absolute atomic E-state index is 0.178. The zero-order valence-corrected chi connectivity index (χ0v) is 20.5. The van der Waals surface area contributed by atoms with Gasteiger partial charge in [0.25, 0.3) is 0 Å². The van der Waals surface area contributed by atoms with Crippen molar-refractivity contribution in [1.29, 1.82) is 0 Å². The largest absolute Gasteiger partial charge is 0.358 e. The van der Waals surface area contributed by atoms with Gasteiger partial charge >= 0.3 is 0 Å². The van der Waals surface area contributed by atoms with E-state index in [4.69, 9.17) is 0 Å². The lowest BCUT2D eigenvalue weighted by atomic mass is 9.62. The molecule has 0 aliphatic carbocycles. The van der Waals surface area contributed by atoms with Crippen LogP contribution in [0.15, 0.2) is 115 Å². The predicted octanol–water partition coefficient (Wildman–Crippen LogP) is 5.67. The summed E-state index contributed by atoms with van der Waals surface area (Å²) in [6.45, 7) is 0. The smallest absolute Gasteiger partial charge is 0.238 e. The molecule has 184 valence electrons. The van der Waals surface area contributed by atoms with Gasteiger partial charge in [-0.15, -0.1) is 0 Å². The highest BCUT2D eigenvalue weighted by Crippen LogP contribution is 2.62. The van der Waals surface area contributed by atoms with Gasteiger partial charge in [-0.2, -0.15) is 0 Å². The van der Waals surface area contributed by atoms with Gasteiger partial charge in [-0.05, 0) is 28.8 Å². The van der Waals surface area contributed by atoms with Crippen molar-refractivity contribution in [3.63, 3.8) is 0 Å². The molecule has 1 amide bonds. The molecule has 3 aliphatic rings. The fraction of sp³-hybridized carbons (Fsp3) is 0.121. The van der Waals surface area contributed by atoms with E-state index in [-0.39, 0.29) is 17.5 Å². The standard InChI is InChI=1S/C33H24N2O3/c36-29(22-12-3-1-4-13-22)27-28(30(37)23-14-5-2-6-15-23)35-20-19-21-11-7-8-16-24(21)31(35)33(27)25-17-9-10-18-26(25)34-32(33)38/h1-20,27-28,31H,(H,34,38)/t27-,28+,31+,33+/m1/s1. The van der Waals surface area contributed by atoms with Crippen LogP contribution < -0.4 is 5.32 Å². The highest BCUT2D eigenvalue weighted by atomic mass is 16.2. The van der Waals surface area contributed by atoms with E-state index in [0.29, 0.717) is 16.8 Å². The molecule has 4 atom stereocenters. The molecule has 1 spiro atoms. The number of carbonyl (C=O) groups is 3. The van der Waals surface area contributed by atoms with Gasteiger partial charge in [-0.25, -0.2) is 0 Å². The fourth-order valence-corrected chi connectivity index (χ4v) is 6.72. The van der Waals surface area contributed by atoms with Gasteiger partial charge in [-0.1, -0.05) is 103 Å². The van der Waals surface area contributed by atoms with Crippen LogP contribution in [-0.2, 0) is 10.2 Å². The number of para-hydroxylation sites is 1. The Hall–Kier alpha value is -4.77. The van der Waals surface area contributed by atoms with Crippen molar-refractivity contribution in [2.45, 2.75) is 17.5 Å². The van der Waals surface area contributed by atoms with Crippen LogP contribution in [0.5, 0.6) is 0 Å². The molecule has 4 aromatic rings. The second-order valence-corrected chi connectivity index (χ2v) is 10.0. The van der Waals surface area contributed by atoms with Gasteiger partial charge in [0.2, 0.25) is 5.91 Å². The number of fused-ring (bicyclic) bond motifs is 6. The molecule has 3 heterocycles. The Bertz CT molecular complexity index is 1630. The van der Waals surface area contributed by atoms with Crippen LogP contribution in [0.4, 0.5) is 5.69 Å². The molecule has 0 saturated carbocycles. The Morgan fingerprint density at radius 3 is 2.05 bits per heavy atom. The van der Waals surface area contributed by atoms with E-state index in [0.717, 1.165) is 16.7 Å². The third-order valence-corrected chi connectivity index (χ3v) is 8.24. The van der Waals surface area contributed by atoms with Crippen molar-refractivity contribution in [2.24, 2.45) is 5.92 Å². The number of carbonyl (C=O) groups excluding carboxylic acids is 3. The van der Waals surface area contributed by atoms with Crippen molar-refractivity contribution < 1.29 is 14.4 Å². The molecule has 5 nitrogen and oxygen atoms in total. The summed E-state index contributed by atoms with van der Waals surface area (Å²) >= 11 is 0. The average Bonchev–Trinajstić information content (AvgIpc) is 3.45. The molecule has 1 saturated heterocycles. The summed E-state index contributed by atoms with van der Waals surface area (Å²) in [5, 5.41) is 3.08. The number of amides is 1. The summed E-state index contributed by atoms with van der Waals surface area (Å²) in [6, 6.07) is 32.1. The zero-order chi connectivity index (χ0) is 25.9. The third-order valence-electron chi connectivity index (χ3n) is 8.24. The Morgan fingerprint density at radius 2 is 1.32 bits per heavy atom. The summed E-state index contributed by atoms with van der Waals surface area (Å²) in [5.74, 6) is -1.60. The molecule has 0 bridgehead atoms. The lowest BCUT2D eigenvalue weighted by Crippen LogP contribution is -2.49. The molecule has 3 aliphatic heterocycles. The first-order chi connectivity index (χ1) is 18.6. The van der Waals surface area contributed by atoms with Crippen LogP contribution in [0.25, 0.3) is 6.08 Å². The van der Waals surface area contributed by atoms with E-state index in [1.807, 2.05) is 102 Å². The SMILES string of the molecule is O=C(c1ccccc1)[C@@H]1[C@H](C(=O)c2ccccc2)[C@]2(C(=O)Nc3ccccc32)[C@@H]2c3ccccc3C=CN12. The molecule has 0 radical (unpaired) electrons. The first kappa shape index (κ1) is 22.4. The van der Waals surface area contributed by atoms with Gasteiger partial charge in [0, 0.05) is 23.0 Å². The summed E-state index contributed by atoms with van der Waals surface area (Å²) < 4.78 is 0. The zero-order valence-electron chi connectivity index (χ0n) is 20.5. The molecule has 0 aromatic heterocycles. The molecule has 0 unspecified atom stereocenters. The number of hydrogen-bond acceptors (Lipinski definition) is 4. The molecule has 1 N–H and O–H groups in total. The second kappa shape index (κ2) is 8.38. The lowest BCUT2D eigenvalue weighted by molar-refractivity contribution is -0.122. The molecule has 5 heteroatoms. The summed E-state index contributed by atoms with van der Waals surface area (Å²) in [7, 11) is 0. The van der Waals surface area contributed by atoms with Crippen molar-refractivity contribution in [3.8, 4) is 0 Å². The fourth-order valence-electron chi connectivity index (χ4n) is 6.72. The minimum Gasteiger partial charge on any atom is -0.358 e. The van der Waals surface area contributed by atoms with Crippen LogP contribution in [0.2, 0.25) is 0 Å². The van der Waals surface area contributed by atoms with Crippen LogP contribution in [0.1, 0.15) is 43.4 Å². The Balaban J connectivity index is 1.55. The topological polar surface area (TPSA) is 66.5 Å². The van der Waals surface area contributed by atoms with E-state index in [1.54, 1.807) is 24.3 Å². The van der Waals surface area contributed by atoms with E-state index >= 15 is 0 Å². The van der Waals surface area contributed by atoms with Gasteiger partial charge in [0.05, 0.1) is 12.0 Å². The molecule has 38 heavy (non-hydrogen) atoms. The minimum atomic E-state index is -1.31. The Labute approximate surface area is 220 Å². The normalized spacial score (nSPS) is 24.5. The molecular weight excluding hydrogens is 472 g/mol. The Kier molecular flexibility index (Phi) is 4.95.